The van der Waals surface area contributed by atoms with E-state index in [1.54, 1.807) is 25.1 Å². The molecule has 0 aliphatic heterocycles. The first-order valence-corrected chi connectivity index (χ1v) is 6.17. The van der Waals surface area contributed by atoms with Gasteiger partial charge in [-0.1, -0.05) is 23.2 Å². The van der Waals surface area contributed by atoms with E-state index in [0.29, 0.717) is 10.0 Å². The molecule has 1 rings (SSSR count). The highest BCUT2D eigenvalue weighted by atomic mass is 35.5. The molecule has 0 aliphatic rings. The molecule has 0 aromatic heterocycles. The molecule has 94 valence electrons. The number of nitrogens with one attached hydrogen (secondary N) is 2. The highest BCUT2D eigenvalue weighted by molar-refractivity contribution is 6.35. The van der Waals surface area contributed by atoms with E-state index in [1.807, 2.05) is 13.8 Å². The fourth-order valence-corrected chi connectivity index (χ4v) is 1.89. The van der Waals surface area contributed by atoms with Gasteiger partial charge in [-0.15, -0.1) is 0 Å². The van der Waals surface area contributed by atoms with E-state index in [4.69, 9.17) is 23.2 Å². The van der Waals surface area contributed by atoms with E-state index in [-0.39, 0.29) is 18.0 Å². The molecular weight excluding hydrogens is 259 g/mol. The molecule has 1 aromatic carbocycles. The average Bonchev–Trinajstić information content (AvgIpc) is 2.14. The number of benzene rings is 1. The number of hydrogen-bond donors (Lipinski definition) is 2. The third-order valence-corrected chi connectivity index (χ3v) is 2.51. The van der Waals surface area contributed by atoms with Gasteiger partial charge in [-0.25, -0.2) is 0 Å². The predicted octanol–water partition coefficient (Wildman–Crippen LogP) is 3.32. The van der Waals surface area contributed by atoms with E-state index < -0.39 is 0 Å². The molecule has 0 fully saturated rings. The van der Waals surface area contributed by atoms with Crippen molar-refractivity contribution in [2.24, 2.45) is 0 Å². The van der Waals surface area contributed by atoms with Crippen molar-refractivity contribution >= 4 is 34.8 Å². The molecule has 3 nitrogen and oxygen atoms in total. The zero-order valence-corrected chi connectivity index (χ0v) is 11.6. The molecule has 0 saturated carbocycles. The Morgan fingerprint density at radius 1 is 1.12 bits per heavy atom. The van der Waals surface area contributed by atoms with Gasteiger partial charge in [0.2, 0.25) is 5.91 Å². The highest BCUT2D eigenvalue weighted by Crippen LogP contribution is 2.22. The molecule has 0 spiro atoms. The quantitative estimate of drug-likeness (QED) is 0.885. The molecule has 2 N–H and O–H groups in total. The zero-order chi connectivity index (χ0) is 13.0. The largest absolute Gasteiger partial charge is 0.374 e. The van der Waals surface area contributed by atoms with Crippen molar-refractivity contribution in [1.82, 2.24) is 5.32 Å². The lowest BCUT2D eigenvalue weighted by Crippen LogP contribution is -2.40. The summed E-state index contributed by atoms with van der Waals surface area (Å²) in [4.78, 5) is 11.7. The number of amides is 1. The Labute approximate surface area is 111 Å². The second-order valence-corrected chi connectivity index (χ2v) is 5.06. The van der Waals surface area contributed by atoms with Gasteiger partial charge in [-0.2, -0.15) is 0 Å². The van der Waals surface area contributed by atoms with E-state index in [0.717, 1.165) is 5.69 Å². The molecule has 17 heavy (non-hydrogen) atoms. The van der Waals surface area contributed by atoms with Crippen LogP contribution in [0.2, 0.25) is 10.0 Å². The van der Waals surface area contributed by atoms with Crippen molar-refractivity contribution in [1.29, 1.82) is 0 Å². The fraction of sp³-hybridized carbons (Fsp3) is 0.417. The summed E-state index contributed by atoms with van der Waals surface area (Å²) in [5, 5.41) is 6.95. The zero-order valence-electron chi connectivity index (χ0n) is 10.1. The first-order valence-electron chi connectivity index (χ1n) is 5.41. The summed E-state index contributed by atoms with van der Waals surface area (Å²) in [7, 11) is 0. The smallest absolute Gasteiger partial charge is 0.242 e. The lowest BCUT2D eigenvalue weighted by Gasteiger charge is -2.17. The predicted molar refractivity (Wildman–Crippen MR) is 72.8 cm³/mol. The summed E-state index contributed by atoms with van der Waals surface area (Å²) in [5.41, 5.74) is 0.730. The third-order valence-electron chi connectivity index (χ3n) is 2.07. The number of anilines is 1. The second-order valence-electron chi connectivity index (χ2n) is 4.19. The van der Waals surface area contributed by atoms with Crippen molar-refractivity contribution in [3.05, 3.63) is 28.2 Å². The molecule has 0 bridgehead atoms. The van der Waals surface area contributed by atoms with Crippen LogP contribution in [0, 0.1) is 0 Å². The summed E-state index contributed by atoms with van der Waals surface area (Å²) < 4.78 is 0. The Morgan fingerprint density at radius 2 is 1.65 bits per heavy atom. The van der Waals surface area contributed by atoms with Gasteiger partial charge in [0, 0.05) is 21.8 Å². The minimum atomic E-state index is -0.341. The Bertz CT molecular complexity index is 387. The van der Waals surface area contributed by atoms with Crippen molar-refractivity contribution in [3.63, 3.8) is 0 Å². The molecule has 1 aromatic rings. The van der Waals surface area contributed by atoms with Gasteiger partial charge in [0.25, 0.3) is 0 Å². The standard InChI is InChI=1S/C12H16Cl2N2O/c1-7(2)15-12(17)8(3)16-11-5-9(13)4-10(14)6-11/h4-8,16H,1-3H3,(H,15,17). The maximum absolute atomic E-state index is 11.7. The second kappa shape index (κ2) is 6.12. The highest BCUT2D eigenvalue weighted by Gasteiger charge is 2.13. The first-order chi connectivity index (χ1) is 7.88. The van der Waals surface area contributed by atoms with Gasteiger partial charge in [-0.3, -0.25) is 4.79 Å². The lowest BCUT2D eigenvalue weighted by molar-refractivity contribution is -0.122. The van der Waals surface area contributed by atoms with Crippen molar-refractivity contribution in [2.75, 3.05) is 5.32 Å². The van der Waals surface area contributed by atoms with Crippen LogP contribution < -0.4 is 10.6 Å². The molecule has 0 aliphatic carbocycles. The van der Waals surface area contributed by atoms with Crippen LogP contribution >= 0.6 is 23.2 Å². The molecule has 5 heteroatoms. The Kier molecular flexibility index (Phi) is 5.09. The summed E-state index contributed by atoms with van der Waals surface area (Å²) in [5.74, 6) is -0.0592. The van der Waals surface area contributed by atoms with Crippen LogP contribution in [0.3, 0.4) is 0 Å². The molecule has 0 heterocycles. The fourth-order valence-electron chi connectivity index (χ4n) is 1.36. The van der Waals surface area contributed by atoms with Gasteiger partial charge in [0.05, 0.1) is 0 Å². The van der Waals surface area contributed by atoms with Crippen LogP contribution in [0.25, 0.3) is 0 Å². The van der Waals surface area contributed by atoms with Crippen LogP contribution in [0.5, 0.6) is 0 Å². The number of hydrogen-bond acceptors (Lipinski definition) is 2. The van der Waals surface area contributed by atoms with Crippen molar-refractivity contribution in [2.45, 2.75) is 32.9 Å². The van der Waals surface area contributed by atoms with Gasteiger partial charge in [-0.05, 0) is 39.0 Å². The Balaban J connectivity index is 2.67. The molecule has 0 saturated heterocycles. The molecule has 1 amide bonds. The normalized spacial score (nSPS) is 12.4. The minimum absolute atomic E-state index is 0.0592. The van der Waals surface area contributed by atoms with E-state index >= 15 is 0 Å². The van der Waals surface area contributed by atoms with Crippen LogP contribution in [0.1, 0.15) is 20.8 Å². The first kappa shape index (κ1) is 14.1. The molecular formula is C12H16Cl2N2O. The maximum Gasteiger partial charge on any atom is 0.242 e. The van der Waals surface area contributed by atoms with Crippen LogP contribution in [-0.2, 0) is 4.79 Å². The minimum Gasteiger partial charge on any atom is -0.374 e. The molecule has 0 radical (unpaired) electrons. The van der Waals surface area contributed by atoms with E-state index in [9.17, 15) is 4.79 Å². The lowest BCUT2D eigenvalue weighted by atomic mass is 10.2. The molecule has 1 atom stereocenters. The van der Waals surface area contributed by atoms with Crippen LogP contribution in [0.15, 0.2) is 18.2 Å². The summed E-state index contributed by atoms with van der Waals surface area (Å²) in [6, 6.07) is 4.88. The summed E-state index contributed by atoms with van der Waals surface area (Å²) in [6.07, 6.45) is 0. The van der Waals surface area contributed by atoms with E-state index in [1.165, 1.54) is 0 Å². The number of carbonyl (C=O) groups is 1. The van der Waals surface area contributed by atoms with Crippen molar-refractivity contribution in [3.8, 4) is 0 Å². The van der Waals surface area contributed by atoms with E-state index in [2.05, 4.69) is 10.6 Å². The van der Waals surface area contributed by atoms with Gasteiger partial charge in [0.15, 0.2) is 0 Å². The van der Waals surface area contributed by atoms with Gasteiger partial charge in [0.1, 0.15) is 6.04 Å². The monoisotopic (exact) mass is 274 g/mol. The maximum atomic E-state index is 11.7. The van der Waals surface area contributed by atoms with Gasteiger partial charge < -0.3 is 10.6 Å². The summed E-state index contributed by atoms with van der Waals surface area (Å²) in [6.45, 7) is 5.62. The van der Waals surface area contributed by atoms with Crippen molar-refractivity contribution < 1.29 is 4.79 Å². The Morgan fingerprint density at radius 3 is 2.12 bits per heavy atom. The van der Waals surface area contributed by atoms with Gasteiger partial charge >= 0.3 is 0 Å². The SMILES string of the molecule is CC(C)NC(=O)C(C)Nc1cc(Cl)cc(Cl)c1. The average molecular weight is 275 g/mol. The number of halogens is 2. The Hall–Kier alpha value is -0.930. The third kappa shape index (κ3) is 4.84. The number of rotatable bonds is 4. The van der Waals surface area contributed by atoms with Crippen LogP contribution in [-0.4, -0.2) is 18.0 Å². The molecule has 1 unspecified atom stereocenters. The van der Waals surface area contributed by atoms with Crippen LogP contribution in [0.4, 0.5) is 5.69 Å². The number of carbonyl (C=O) groups excluding carboxylic acids is 1. The topological polar surface area (TPSA) is 41.1 Å². The summed E-state index contributed by atoms with van der Waals surface area (Å²) >= 11 is 11.7.